The highest BCUT2D eigenvalue weighted by Crippen LogP contribution is 2.14. The molecule has 0 unspecified atom stereocenters. The predicted octanol–water partition coefficient (Wildman–Crippen LogP) is 1.58. The summed E-state index contributed by atoms with van der Waals surface area (Å²) in [7, 11) is 1.49. The van der Waals surface area contributed by atoms with Gasteiger partial charge in [-0.3, -0.25) is 10.1 Å². The molecule has 2 N–H and O–H groups in total. The van der Waals surface area contributed by atoms with E-state index < -0.39 is 18.1 Å². The van der Waals surface area contributed by atoms with Crippen molar-refractivity contribution >= 4 is 11.9 Å². The third-order valence-electron chi connectivity index (χ3n) is 2.10. The highest BCUT2D eigenvalue weighted by atomic mass is 19.4. The van der Waals surface area contributed by atoms with Gasteiger partial charge in [-0.25, -0.2) is 4.79 Å². The average molecular weight is 276 g/mol. The van der Waals surface area contributed by atoms with Crippen molar-refractivity contribution in [2.24, 2.45) is 0 Å². The van der Waals surface area contributed by atoms with Crippen LogP contribution in [0.3, 0.4) is 0 Å². The normalized spacial score (nSPS) is 10.7. The maximum Gasteiger partial charge on any atom is 0.471 e. The summed E-state index contributed by atoms with van der Waals surface area (Å²) in [5.74, 6) is -1.69. The third kappa shape index (κ3) is 4.86. The lowest BCUT2D eigenvalue weighted by Gasteiger charge is -2.08. The summed E-state index contributed by atoms with van der Waals surface area (Å²) < 4.78 is 40.5. The Morgan fingerprint density at radius 2 is 1.79 bits per heavy atom. The molecule has 104 valence electrons. The number of imide groups is 1. The molecule has 5 nitrogen and oxygen atoms in total. The van der Waals surface area contributed by atoms with Crippen molar-refractivity contribution in [2.75, 3.05) is 7.11 Å². The minimum absolute atomic E-state index is 0.0129. The number of carbonyl (C=O) groups is 2. The van der Waals surface area contributed by atoms with E-state index in [0.717, 1.165) is 0 Å². The summed E-state index contributed by atoms with van der Waals surface area (Å²) in [6.45, 7) is -0.0129. The molecule has 1 aromatic carbocycles. The lowest BCUT2D eigenvalue weighted by Crippen LogP contribution is -2.45. The van der Waals surface area contributed by atoms with E-state index in [1.807, 2.05) is 0 Å². The van der Waals surface area contributed by atoms with Gasteiger partial charge < -0.3 is 10.1 Å². The second-order valence-corrected chi connectivity index (χ2v) is 3.48. The minimum Gasteiger partial charge on any atom is -0.497 e. The van der Waals surface area contributed by atoms with E-state index in [4.69, 9.17) is 4.74 Å². The summed E-state index contributed by atoms with van der Waals surface area (Å²) in [6, 6.07) is 5.32. The number of halogens is 3. The zero-order valence-corrected chi connectivity index (χ0v) is 9.88. The van der Waals surface area contributed by atoms with E-state index in [2.05, 4.69) is 5.32 Å². The van der Waals surface area contributed by atoms with Crippen LogP contribution in [-0.2, 0) is 11.3 Å². The van der Waals surface area contributed by atoms with E-state index in [1.54, 1.807) is 24.3 Å². The summed E-state index contributed by atoms with van der Waals surface area (Å²) in [5, 5.41) is 3.30. The first-order valence-electron chi connectivity index (χ1n) is 5.12. The van der Waals surface area contributed by atoms with Gasteiger partial charge in [-0.05, 0) is 17.7 Å². The van der Waals surface area contributed by atoms with Gasteiger partial charge in [0.2, 0.25) is 0 Å². The van der Waals surface area contributed by atoms with Gasteiger partial charge in [0.1, 0.15) is 5.75 Å². The zero-order valence-electron chi connectivity index (χ0n) is 9.88. The van der Waals surface area contributed by atoms with E-state index in [1.165, 1.54) is 12.4 Å². The zero-order chi connectivity index (χ0) is 14.5. The second kappa shape index (κ2) is 6.07. The number of benzene rings is 1. The Hall–Kier alpha value is -2.25. The Morgan fingerprint density at radius 3 is 2.26 bits per heavy atom. The Kier molecular flexibility index (Phi) is 4.74. The standard InChI is InChI=1S/C11H11F3N2O3/c1-19-8-4-2-7(3-5-8)6-15-10(18)16-9(17)11(12,13)14/h2-5H,6H2,1H3,(H2,15,16,17,18). The summed E-state index contributed by atoms with van der Waals surface area (Å²) in [5.41, 5.74) is 0.649. The highest BCUT2D eigenvalue weighted by Gasteiger charge is 2.39. The van der Waals surface area contributed by atoms with Gasteiger partial charge in [-0.15, -0.1) is 0 Å². The van der Waals surface area contributed by atoms with E-state index in [9.17, 15) is 22.8 Å². The van der Waals surface area contributed by atoms with Crippen molar-refractivity contribution in [3.63, 3.8) is 0 Å². The van der Waals surface area contributed by atoms with Crippen LogP contribution in [0.4, 0.5) is 18.0 Å². The van der Waals surface area contributed by atoms with Crippen LogP contribution in [0.25, 0.3) is 0 Å². The fraction of sp³-hybridized carbons (Fsp3) is 0.273. The third-order valence-corrected chi connectivity index (χ3v) is 2.10. The van der Waals surface area contributed by atoms with Crippen LogP contribution in [0, 0.1) is 0 Å². The molecule has 3 amide bonds. The van der Waals surface area contributed by atoms with Crippen molar-refractivity contribution < 1.29 is 27.5 Å². The van der Waals surface area contributed by atoms with Crippen LogP contribution in [0.5, 0.6) is 5.75 Å². The number of ether oxygens (including phenoxy) is 1. The number of carbonyl (C=O) groups excluding carboxylic acids is 2. The molecule has 0 aromatic heterocycles. The fourth-order valence-corrected chi connectivity index (χ4v) is 1.14. The van der Waals surface area contributed by atoms with Crippen LogP contribution in [0.15, 0.2) is 24.3 Å². The molecule has 0 aliphatic rings. The molecule has 0 saturated carbocycles. The summed E-state index contributed by atoms with van der Waals surface area (Å²) in [6.07, 6.45) is -5.09. The molecule has 0 heterocycles. The largest absolute Gasteiger partial charge is 0.497 e. The molecule has 0 bridgehead atoms. The lowest BCUT2D eigenvalue weighted by molar-refractivity contribution is -0.172. The number of rotatable bonds is 3. The fourth-order valence-electron chi connectivity index (χ4n) is 1.14. The Bertz CT molecular complexity index is 457. The van der Waals surface area contributed by atoms with E-state index >= 15 is 0 Å². The predicted molar refractivity (Wildman–Crippen MR) is 59.4 cm³/mol. The van der Waals surface area contributed by atoms with E-state index in [-0.39, 0.29) is 6.54 Å². The summed E-state index contributed by atoms with van der Waals surface area (Å²) in [4.78, 5) is 21.5. The van der Waals surface area contributed by atoms with Crippen LogP contribution < -0.4 is 15.4 Å². The average Bonchev–Trinajstić information content (AvgIpc) is 2.35. The number of hydrogen-bond donors (Lipinski definition) is 2. The number of hydrogen-bond acceptors (Lipinski definition) is 3. The molecule has 0 fully saturated rings. The SMILES string of the molecule is COc1ccc(CNC(=O)NC(=O)C(F)(F)F)cc1. The van der Waals surface area contributed by atoms with Crippen molar-refractivity contribution in [1.82, 2.24) is 10.6 Å². The molecular weight excluding hydrogens is 265 g/mol. The Balaban J connectivity index is 2.43. The summed E-state index contributed by atoms with van der Waals surface area (Å²) >= 11 is 0. The smallest absolute Gasteiger partial charge is 0.471 e. The maximum absolute atomic E-state index is 11.9. The molecule has 0 aliphatic heterocycles. The van der Waals surface area contributed by atoms with Gasteiger partial charge in [0.15, 0.2) is 0 Å². The quantitative estimate of drug-likeness (QED) is 0.880. The van der Waals surface area contributed by atoms with Crippen LogP contribution in [-0.4, -0.2) is 25.2 Å². The van der Waals surface area contributed by atoms with Gasteiger partial charge in [0.25, 0.3) is 0 Å². The molecule has 0 atom stereocenters. The van der Waals surface area contributed by atoms with Crippen molar-refractivity contribution in [3.05, 3.63) is 29.8 Å². The van der Waals surface area contributed by atoms with Gasteiger partial charge in [-0.1, -0.05) is 12.1 Å². The van der Waals surface area contributed by atoms with Crippen LogP contribution in [0.1, 0.15) is 5.56 Å². The van der Waals surface area contributed by atoms with E-state index in [0.29, 0.717) is 11.3 Å². The first kappa shape index (κ1) is 14.8. The van der Waals surface area contributed by atoms with Crippen molar-refractivity contribution in [1.29, 1.82) is 0 Å². The topological polar surface area (TPSA) is 67.4 Å². The van der Waals surface area contributed by atoms with Gasteiger partial charge in [-0.2, -0.15) is 13.2 Å². The monoisotopic (exact) mass is 276 g/mol. The number of nitrogens with one attached hydrogen (secondary N) is 2. The molecule has 0 saturated heterocycles. The van der Waals surface area contributed by atoms with Gasteiger partial charge in [0, 0.05) is 6.54 Å². The van der Waals surface area contributed by atoms with Crippen LogP contribution >= 0.6 is 0 Å². The molecule has 0 aliphatic carbocycles. The number of urea groups is 1. The molecule has 19 heavy (non-hydrogen) atoms. The number of methoxy groups -OCH3 is 1. The minimum atomic E-state index is -5.09. The maximum atomic E-state index is 11.9. The van der Waals surface area contributed by atoms with Crippen molar-refractivity contribution in [3.8, 4) is 5.75 Å². The molecule has 1 rings (SSSR count). The molecule has 0 spiro atoms. The Labute approximate surface area is 106 Å². The molecule has 8 heteroatoms. The second-order valence-electron chi connectivity index (χ2n) is 3.48. The van der Waals surface area contributed by atoms with Gasteiger partial charge in [0.05, 0.1) is 7.11 Å². The first-order chi connectivity index (χ1) is 8.82. The first-order valence-corrected chi connectivity index (χ1v) is 5.12. The highest BCUT2D eigenvalue weighted by molar-refractivity contribution is 5.96. The Morgan fingerprint density at radius 1 is 1.21 bits per heavy atom. The van der Waals surface area contributed by atoms with Crippen molar-refractivity contribution in [2.45, 2.75) is 12.7 Å². The number of alkyl halides is 3. The van der Waals surface area contributed by atoms with Gasteiger partial charge >= 0.3 is 18.1 Å². The lowest BCUT2D eigenvalue weighted by atomic mass is 10.2. The number of amides is 3. The molecule has 1 aromatic rings. The van der Waals surface area contributed by atoms with Crippen LogP contribution in [0.2, 0.25) is 0 Å². The molecule has 0 radical (unpaired) electrons. The molecular formula is C11H11F3N2O3.